The number of hydrogen-bond donors (Lipinski definition) is 3. The van der Waals surface area contributed by atoms with Gasteiger partial charge in [0.05, 0.1) is 19.9 Å². The van der Waals surface area contributed by atoms with Crippen molar-refractivity contribution in [1.29, 1.82) is 0 Å². The molecule has 6 heteroatoms. The van der Waals surface area contributed by atoms with E-state index in [4.69, 9.17) is 9.47 Å². The summed E-state index contributed by atoms with van der Waals surface area (Å²) in [5.41, 5.74) is 4.51. The third-order valence-corrected chi connectivity index (χ3v) is 5.17. The normalized spacial score (nSPS) is 11.2. The van der Waals surface area contributed by atoms with Crippen molar-refractivity contribution < 1.29 is 9.47 Å². The van der Waals surface area contributed by atoms with Crippen molar-refractivity contribution in [2.75, 3.05) is 19.5 Å². The fourth-order valence-corrected chi connectivity index (χ4v) is 3.92. The predicted octanol–water partition coefficient (Wildman–Crippen LogP) is 5.69. The number of ether oxygens (including phenoxy) is 2. The number of rotatable bonds is 5. The zero-order valence-corrected chi connectivity index (χ0v) is 16.5. The second-order valence-electron chi connectivity index (χ2n) is 6.10. The van der Waals surface area contributed by atoms with Gasteiger partial charge in [-0.2, -0.15) is 0 Å². The summed E-state index contributed by atoms with van der Waals surface area (Å²) in [6.45, 7) is 2.17. The highest BCUT2D eigenvalue weighted by Gasteiger charge is 2.24. The van der Waals surface area contributed by atoms with Crippen LogP contribution in [0.15, 0.2) is 40.9 Å². The van der Waals surface area contributed by atoms with E-state index in [0.717, 1.165) is 50.5 Å². The monoisotopic (exact) mass is 413 g/mol. The number of nitrogens with one attached hydrogen (secondary N) is 3. The Morgan fingerprint density at radius 2 is 1.73 bits per heavy atom. The smallest absolute Gasteiger partial charge is 0.161 e. The lowest BCUT2D eigenvalue weighted by Crippen LogP contribution is -1.93. The second-order valence-corrected chi connectivity index (χ2v) is 7.01. The van der Waals surface area contributed by atoms with Gasteiger partial charge in [-0.15, -0.1) is 0 Å². The number of halogens is 1. The minimum atomic E-state index is 0.727. The van der Waals surface area contributed by atoms with Crippen molar-refractivity contribution >= 4 is 38.2 Å². The zero-order chi connectivity index (χ0) is 18.3. The molecule has 0 bridgehead atoms. The number of aryl methyl sites for hydroxylation is 1. The van der Waals surface area contributed by atoms with Gasteiger partial charge in [-0.05, 0) is 47.7 Å². The van der Waals surface area contributed by atoms with Crippen molar-refractivity contribution in [2.24, 2.45) is 0 Å². The summed E-state index contributed by atoms with van der Waals surface area (Å²) in [7, 11) is 3.32. The largest absolute Gasteiger partial charge is 0.493 e. The number of methoxy groups -OCH3 is 2. The molecule has 2 aromatic rings. The molecule has 0 aromatic heterocycles. The van der Waals surface area contributed by atoms with Gasteiger partial charge in [-0.25, -0.2) is 0 Å². The van der Waals surface area contributed by atoms with E-state index in [1.807, 2.05) is 30.3 Å². The lowest BCUT2D eigenvalue weighted by atomic mass is 10.1. The number of aromatic amines is 2. The Morgan fingerprint density at radius 3 is 2.38 bits per heavy atom. The Bertz CT molecular complexity index is 1050. The summed E-state index contributed by atoms with van der Waals surface area (Å²) in [5, 5.41) is 12.4. The average Bonchev–Trinajstić information content (AvgIpc) is 3.18. The highest BCUT2D eigenvalue weighted by atomic mass is 79.9. The average molecular weight is 414 g/mol. The van der Waals surface area contributed by atoms with Crippen LogP contribution in [0.1, 0.15) is 12.5 Å². The third-order valence-electron chi connectivity index (χ3n) is 4.68. The van der Waals surface area contributed by atoms with Gasteiger partial charge in [0.25, 0.3) is 0 Å². The highest BCUT2D eigenvalue weighted by Crippen LogP contribution is 2.46. The first-order valence-corrected chi connectivity index (χ1v) is 9.24. The maximum absolute atomic E-state index is 5.49. The Labute approximate surface area is 160 Å². The molecule has 2 aromatic carbocycles. The van der Waals surface area contributed by atoms with Crippen LogP contribution in [0.25, 0.3) is 22.0 Å². The summed E-state index contributed by atoms with van der Waals surface area (Å²) >= 11 is 3.52. The minimum Gasteiger partial charge on any atom is -0.493 e. The fraction of sp³-hybridized carbons (Fsp3) is 0.200. The summed E-state index contributed by atoms with van der Waals surface area (Å²) < 4.78 is 12.0. The molecule has 0 saturated carbocycles. The number of anilines is 2. The maximum atomic E-state index is 5.49. The van der Waals surface area contributed by atoms with Crippen molar-refractivity contribution in [1.82, 2.24) is 10.2 Å². The fourth-order valence-electron chi connectivity index (χ4n) is 3.52. The minimum absolute atomic E-state index is 0.727. The summed E-state index contributed by atoms with van der Waals surface area (Å²) in [5.74, 6) is 2.42. The number of H-pyrrole nitrogens is 2. The zero-order valence-electron chi connectivity index (χ0n) is 14.9. The molecule has 3 N–H and O–H groups in total. The van der Waals surface area contributed by atoms with Gasteiger partial charge >= 0.3 is 0 Å². The molecule has 4 rings (SSSR count). The standard InChI is InChI=1S/C20H20BrN3O2/c1-4-13-14-9-16(25-2)17(26-3)10-15(14)19-18(13)20(24-23-19)22-12-7-5-6-11(21)8-12/h5-10,22-24H,4H2,1-3H3. The molecule has 5 nitrogen and oxygen atoms in total. The number of aromatic nitrogens is 2. The van der Waals surface area contributed by atoms with Crippen LogP contribution in [0.4, 0.5) is 11.5 Å². The van der Waals surface area contributed by atoms with E-state index in [9.17, 15) is 0 Å². The number of hydrogen-bond acceptors (Lipinski definition) is 3. The maximum Gasteiger partial charge on any atom is 0.161 e. The summed E-state index contributed by atoms with van der Waals surface area (Å²) in [6.07, 6.45) is 0.911. The van der Waals surface area contributed by atoms with E-state index in [2.05, 4.69) is 44.4 Å². The summed E-state index contributed by atoms with van der Waals surface area (Å²) in [6, 6.07) is 12.2. The number of benzene rings is 2. The summed E-state index contributed by atoms with van der Waals surface area (Å²) in [4.78, 5) is 0. The molecule has 0 unspecified atom stereocenters. The Morgan fingerprint density at radius 1 is 1.00 bits per heavy atom. The van der Waals surface area contributed by atoms with Gasteiger partial charge in [0.2, 0.25) is 0 Å². The molecule has 2 aliphatic rings. The molecule has 0 radical (unpaired) electrons. The van der Waals surface area contributed by atoms with E-state index >= 15 is 0 Å². The molecule has 0 saturated heterocycles. The van der Waals surface area contributed by atoms with Crippen molar-refractivity contribution in [3.8, 4) is 22.8 Å². The highest BCUT2D eigenvalue weighted by molar-refractivity contribution is 9.10. The molecular weight excluding hydrogens is 394 g/mol. The van der Waals surface area contributed by atoms with Crippen LogP contribution < -0.4 is 14.8 Å². The van der Waals surface area contributed by atoms with Crippen LogP contribution in [0, 0.1) is 0 Å². The van der Waals surface area contributed by atoms with Crippen LogP contribution in [-0.2, 0) is 6.42 Å². The first-order valence-electron chi connectivity index (χ1n) is 8.45. The first kappa shape index (κ1) is 16.8. The molecular formula is C20H20BrN3O2. The lowest BCUT2D eigenvalue weighted by Gasteiger charge is -2.08. The van der Waals surface area contributed by atoms with Crippen LogP contribution in [0.5, 0.6) is 11.5 Å². The van der Waals surface area contributed by atoms with Crippen molar-refractivity contribution in [2.45, 2.75) is 13.3 Å². The van der Waals surface area contributed by atoms with Crippen LogP contribution in [0.3, 0.4) is 0 Å². The Hall–Kier alpha value is -2.60. The van der Waals surface area contributed by atoms with Crippen molar-refractivity contribution in [3.05, 3.63) is 46.4 Å². The van der Waals surface area contributed by atoms with Gasteiger partial charge in [0.1, 0.15) is 5.82 Å². The van der Waals surface area contributed by atoms with Crippen LogP contribution in [0.2, 0.25) is 0 Å². The van der Waals surface area contributed by atoms with Gasteiger partial charge < -0.3 is 14.8 Å². The van der Waals surface area contributed by atoms with E-state index < -0.39 is 0 Å². The van der Waals surface area contributed by atoms with Gasteiger partial charge in [-0.3, -0.25) is 10.2 Å². The number of fused-ring (bicyclic) bond motifs is 3. The molecule has 0 spiro atoms. The topological polar surface area (TPSA) is 62.1 Å². The molecule has 1 aliphatic heterocycles. The predicted molar refractivity (Wildman–Crippen MR) is 109 cm³/mol. The molecule has 1 aliphatic carbocycles. The van der Waals surface area contributed by atoms with Crippen LogP contribution >= 0.6 is 15.9 Å². The molecule has 134 valence electrons. The van der Waals surface area contributed by atoms with Gasteiger partial charge in [0.15, 0.2) is 11.5 Å². The Kier molecular flexibility index (Phi) is 4.28. The lowest BCUT2D eigenvalue weighted by molar-refractivity contribution is 0.356. The Balaban J connectivity index is 1.89. The van der Waals surface area contributed by atoms with E-state index in [-0.39, 0.29) is 0 Å². The quantitative estimate of drug-likeness (QED) is 0.393. The van der Waals surface area contributed by atoms with Crippen LogP contribution in [-0.4, -0.2) is 24.4 Å². The van der Waals surface area contributed by atoms with E-state index in [0.29, 0.717) is 0 Å². The second kappa shape index (κ2) is 6.61. The van der Waals surface area contributed by atoms with E-state index in [1.54, 1.807) is 14.2 Å². The van der Waals surface area contributed by atoms with E-state index in [1.165, 1.54) is 10.9 Å². The van der Waals surface area contributed by atoms with Gasteiger partial charge in [0, 0.05) is 21.1 Å². The molecule has 0 fully saturated rings. The molecule has 1 heterocycles. The SMILES string of the molecule is CCc1c2c(Nc3cccc(Br)c3)[nH][nH]c-2c2cc(OC)c(OC)cc12. The molecule has 0 amide bonds. The van der Waals surface area contributed by atoms with Gasteiger partial charge in [-0.1, -0.05) is 28.9 Å². The van der Waals surface area contributed by atoms with Crippen molar-refractivity contribution in [3.63, 3.8) is 0 Å². The first-order chi connectivity index (χ1) is 12.7. The molecule has 0 atom stereocenters. The molecule has 26 heavy (non-hydrogen) atoms. The third kappa shape index (κ3) is 2.61.